The molecule has 0 N–H and O–H groups in total. The van der Waals surface area contributed by atoms with E-state index in [0.717, 1.165) is 32.5 Å². The molecule has 2 aromatic carbocycles. The van der Waals surface area contributed by atoms with E-state index in [-0.39, 0.29) is 0 Å². The Kier molecular flexibility index (Phi) is 6.56. The summed E-state index contributed by atoms with van der Waals surface area (Å²) >= 11 is 2.04. The Morgan fingerprint density at radius 1 is 0.806 bits per heavy atom. The molecule has 0 saturated carbocycles. The molecule has 0 aliphatic carbocycles. The maximum atomic E-state index is 3.95. The van der Waals surface area contributed by atoms with Gasteiger partial charge in [0, 0.05) is 43.2 Å². The van der Waals surface area contributed by atoms with Gasteiger partial charge in [-0.05, 0) is 48.9 Å². The largest absolute Gasteiger partial charge is 0.371 e. The summed E-state index contributed by atoms with van der Waals surface area (Å²) in [6, 6.07) is 20.8. The van der Waals surface area contributed by atoms with Gasteiger partial charge >= 0.3 is 0 Å². The van der Waals surface area contributed by atoms with Gasteiger partial charge in [-0.15, -0.1) is 10.2 Å². The first kappa shape index (κ1) is 20.6. The van der Waals surface area contributed by atoms with Crippen LogP contribution in [0.2, 0.25) is 0 Å². The molecule has 0 bridgehead atoms. The van der Waals surface area contributed by atoms with Gasteiger partial charge < -0.3 is 9.47 Å². The summed E-state index contributed by atoms with van der Waals surface area (Å²) in [5.74, 6) is 0. The van der Waals surface area contributed by atoms with Crippen LogP contribution in [0.3, 0.4) is 0 Å². The summed E-state index contributed by atoms with van der Waals surface area (Å²) in [5.41, 5.74) is 4.21. The molecule has 5 rings (SSSR count). The van der Waals surface area contributed by atoms with Gasteiger partial charge in [0.1, 0.15) is 12.7 Å². The lowest BCUT2D eigenvalue weighted by molar-refractivity contribution is 0.395. The van der Waals surface area contributed by atoms with E-state index in [9.17, 15) is 0 Å². The molecule has 0 radical (unpaired) electrons. The normalized spacial score (nSPS) is 21.2. The maximum absolute atomic E-state index is 3.95. The van der Waals surface area contributed by atoms with Crippen LogP contribution in [0.5, 0.6) is 0 Å². The van der Waals surface area contributed by atoms with Crippen molar-refractivity contribution in [1.82, 2.24) is 19.1 Å². The van der Waals surface area contributed by atoms with E-state index in [4.69, 9.17) is 0 Å². The van der Waals surface area contributed by atoms with Crippen molar-refractivity contribution >= 4 is 17.6 Å². The van der Waals surface area contributed by atoms with E-state index in [1.54, 1.807) is 0 Å². The first-order valence-electron chi connectivity index (χ1n) is 11.5. The van der Waals surface area contributed by atoms with Crippen molar-refractivity contribution in [3.8, 4) is 0 Å². The number of piperidine rings is 1. The number of anilines is 1. The van der Waals surface area contributed by atoms with E-state index in [1.165, 1.54) is 42.6 Å². The van der Waals surface area contributed by atoms with Gasteiger partial charge in [0.15, 0.2) is 0 Å². The predicted molar refractivity (Wildman–Crippen MR) is 128 cm³/mol. The Morgan fingerprint density at radius 3 is 2.29 bits per heavy atom. The Hall–Kier alpha value is -2.31. The molecule has 2 saturated heterocycles. The van der Waals surface area contributed by atoms with Gasteiger partial charge in [-0.2, -0.15) is 0 Å². The standard InChI is InChI=1S/C25H31N5S/c1-2-6-22(7-3-1)25-8-4-5-15-30(31-25)18-21-9-11-23(12-10-21)28-16-13-24(14-17-28)29-19-26-27-20-29/h1-3,6-7,9-12,19-20,24-25H,4-5,8,13-18H2. The summed E-state index contributed by atoms with van der Waals surface area (Å²) in [5, 5.41) is 8.49. The van der Waals surface area contributed by atoms with Crippen LogP contribution in [0.15, 0.2) is 67.3 Å². The lowest BCUT2D eigenvalue weighted by atomic mass is 10.0. The number of rotatable bonds is 5. The topological polar surface area (TPSA) is 37.2 Å². The zero-order valence-electron chi connectivity index (χ0n) is 18.0. The third-order valence-electron chi connectivity index (χ3n) is 6.55. The molecule has 162 valence electrons. The summed E-state index contributed by atoms with van der Waals surface area (Å²) in [6.07, 6.45) is 9.85. The van der Waals surface area contributed by atoms with Crippen molar-refractivity contribution in [2.24, 2.45) is 0 Å². The van der Waals surface area contributed by atoms with Gasteiger partial charge in [0.05, 0.1) is 0 Å². The lowest BCUT2D eigenvalue weighted by Gasteiger charge is -2.34. The molecule has 2 aliphatic rings. The second-order valence-corrected chi connectivity index (χ2v) is 9.95. The fourth-order valence-electron chi connectivity index (χ4n) is 4.75. The van der Waals surface area contributed by atoms with Crippen molar-refractivity contribution in [3.05, 3.63) is 78.4 Å². The average Bonchev–Trinajstić information content (AvgIpc) is 3.27. The van der Waals surface area contributed by atoms with Crippen LogP contribution >= 0.6 is 11.9 Å². The van der Waals surface area contributed by atoms with E-state index in [0.29, 0.717) is 11.3 Å². The van der Waals surface area contributed by atoms with Gasteiger partial charge in [0.2, 0.25) is 0 Å². The molecule has 1 unspecified atom stereocenters. The van der Waals surface area contributed by atoms with Crippen molar-refractivity contribution in [3.63, 3.8) is 0 Å². The summed E-state index contributed by atoms with van der Waals surface area (Å²) < 4.78 is 4.73. The Morgan fingerprint density at radius 2 is 1.55 bits per heavy atom. The molecule has 0 amide bonds. The number of hydrogen-bond acceptors (Lipinski definition) is 5. The minimum Gasteiger partial charge on any atom is -0.371 e. The summed E-state index contributed by atoms with van der Waals surface area (Å²) in [6.45, 7) is 4.36. The van der Waals surface area contributed by atoms with Crippen molar-refractivity contribution in [2.75, 3.05) is 24.5 Å². The first-order chi connectivity index (χ1) is 15.3. The molecular formula is C25H31N5S. The van der Waals surface area contributed by atoms with E-state index in [2.05, 4.69) is 78.6 Å². The number of aromatic nitrogens is 3. The van der Waals surface area contributed by atoms with Crippen LogP contribution in [0, 0.1) is 0 Å². The van der Waals surface area contributed by atoms with E-state index < -0.39 is 0 Å². The molecule has 2 aliphatic heterocycles. The SMILES string of the molecule is c1ccc(C2CCCCN(Cc3ccc(N4CCC(n5cnnc5)CC4)cc3)S2)cc1. The maximum Gasteiger partial charge on any atom is 0.119 e. The molecule has 1 aromatic heterocycles. The highest BCUT2D eigenvalue weighted by Gasteiger charge is 2.22. The second kappa shape index (κ2) is 9.88. The molecule has 3 heterocycles. The molecule has 5 nitrogen and oxygen atoms in total. The van der Waals surface area contributed by atoms with Crippen LogP contribution in [0.25, 0.3) is 0 Å². The predicted octanol–water partition coefficient (Wildman–Crippen LogP) is 5.50. The molecule has 6 heteroatoms. The van der Waals surface area contributed by atoms with Crippen LogP contribution < -0.4 is 4.90 Å². The van der Waals surface area contributed by atoms with Gasteiger partial charge in [-0.3, -0.25) is 0 Å². The molecule has 2 fully saturated rings. The highest BCUT2D eigenvalue weighted by atomic mass is 32.2. The smallest absolute Gasteiger partial charge is 0.119 e. The highest BCUT2D eigenvalue weighted by Crippen LogP contribution is 2.39. The minimum absolute atomic E-state index is 0.531. The molecule has 31 heavy (non-hydrogen) atoms. The lowest BCUT2D eigenvalue weighted by Crippen LogP contribution is -2.34. The Balaban J connectivity index is 1.17. The third-order valence-corrected chi connectivity index (χ3v) is 7.93. The van der Waals surface area contributed by atoms with Crippen LogP contribution in [-0.4, -0.2) is 38.7 Å². The quantitative estimate of drug-likeness (QED) is 0.497. The van der Waals surface area contributed by atoms with Crippen molar-refractivity contribution in [2.45, 2.75) is 49.9 Å². The molecule has 0 spiro atoms. The Labute approximate surface area is 189 Å². The number of nitrogens with zero attached hydrogens (tertiary/aromatic N) is 5. The molecular weight excluding hydrogens is 402 g/mol. The van der Waals surface area contributed by atoms with Gasteiger partial charge in [-0.1, -0.05) is 60.8 Å². The van der Waals surface area contributed by atoms with Crippen molar-refractivity contribution < 1.29 is 0 Å². The third kappa shape index (κ3) is 5.13. The number of benzene rings is 2. The van der Waals surface area contributed by atoms with Crippen LogP contribution in [-0.2, 0) is 6.54 Å². The summed E-state index contributed by atoms with van der Waals surface area (Å²) in [7, 11) is 0. The fourth-order valence-corrected chi connectivity index (χ4v) is 6.12. The zero-order valence-corrected chi connectivity index (χ0v) is 18.8. The van der Waals surface area contributed by atoms with Crippen LogP contribution in [0.4, 0.5) is 5.69 Å². The van der Waals surface area contributed by atoms with E-state index in [1.807, 2.05) is 24.6 Å². The van der Waals surface area contributed by atoms with Gasteiger partial charge in [-0.25, -0.2) is 4.31 Å². The van der Waals surface area contributed by atoms with Crippen molar-refractivity contribution in [1.29, 1.82) is 0 Å². The highest BCUT2D eigenvalue weighted by molar-refractivity contribution is 7.97. The second-order valence-electron chi connectivity index (χ2n) is 8.66. The summed E-state index contributed by atoms with van der Waals surface area (Å²) in [4.78, 5) is 2.51. The Bertz CT molecular complexity index is 920. The fraction of sp³-hybridized carbons (Fsp3) is 0.440. The van der Waals surface area contributed by atoms with E-state index >= 15 is 0 Å². The van der Waals surface area contributed by atoms with Gasteiger partial charge in [0.25, 0.3) is 0 Å². The zero-order chi connectivity index (χ0) is 20.9. The monoisotopic (exact) mass is 433 g/mol. The molecule has 1 atom stereocenters. The average molecular weight is 434 g/mol. The molecule has 3 aromatic rings. The number of hydrogen-bond donors (Lipinski definition) is 0. The van der Waals surface area contributed by atoms with Crippen LogP contribution in [0.1, 0.15) is 54.5 Å². The minimum atomic E-state index is 0.531. The first-order valence-corrected chi connectivity index (χ1v) is 12.3.